The number of hydrogen-bond donors (Lipinski definition) is 0. The Labute approximate surface area is 95.1 Å². The lowest BCUT2D eigenvalue weighted by molar-refractivity contribution is 0.0477. The summed E-state index contributed by atoms with van der Waals surface area (Å²) in [6.07, 6.45) is 0.791. The molecule has 0 bridgehead atoms. The summed E-state index contributed by atoms with van der Waals surface area (Å²) in [4.78, 5) is 10.6. The van der Waals surface area contributed by atoms with Gasteiger partial charge in [-0.15, -0.1) is 0 Å². The van der Waals surface area contributed by atoms with E-state index in [0.717, 1.165) is 6.29 Å². The summed E-state index contributed by atoms with van der Waals surface area (Å²) in [5, 5.41) is 0. The van der Waals surface area contributed by atoms with Crippen molar-refractivity contribution in [2.45, 2.75) is 20.0 Å². The number of rotatable bonds is 6. The molecule has 1 rings (SSSR count). The van der Waals surface area contributed by atoms with Crippen molar-refractivity contribution >= 4 is 6.29 Å². The first-order valence-electron chi connectivity index (χ1n) is 5.05. The van der Waals surface area contributed by atoms with E-state index in [4.69, 9.17) is 14.2 Å². The minimum absolute atomic E-state index is 0.0202. The Kier molecular flexibility index (Phi) is 4.79. The fourth-order valence-corrected chi connectivity index (χ4v) is 1.19. The average molecular weight is 224 g/mol. The van der Waals surface area contributed by atoms with Gasteiger partial charge >= 0.3 is 0 Å². The zero-order chi connectivity index (χ0) is 12.0. The van der Waals surface area contributed by atoms with Crippen molar-refractivity contribution < 1.29 is 19.0 Å². The van der Waals surface area contributed by atoms with E-state index in [-0.39, 0.29) is 12.9 Å². The smallest absolute Gasteiger partial charge is 0.188 e. The average Bonchev–Trinajstić information content (AvgIpc) is 2.26. The molecule has 0 unspecified atom stereocenters. The molecule has 1 aromatic rings. The van der Waals surface area contributed by atoms with Gasteiger partial charge < -0.3 is 14.2 Å². The lowest BCUT2D eigenvalue weighted by atomic mass is 10.2. The highest BCUT2D eigenvalue weighted by molar-refractivity contribution is 5.76. The Morgan fingerprint density at radius 1 is 1.31 bits per heavy atom. The summed E-state index contributed by atoms with van der Waals surface area (Å²) in [5.74, 6) is 1.12. The summed E-state index contributed by atoms with van der Waals surface area (Å²) in [7, 11) is 1.54. The van der Waals surface area contributed by atoms with Crippen molar-refractivity contribution in [3.8, 4) is 11.5 Å². The Morgan fingerprint density at radius 2 is 2.06 bits per heavy atom. The van der Waals surface area contributed by atoms with Crippen LogP contribution in [0, 0.1) is 0 Å². The molecule has 0 saturated carbocycles. The Bertz CT molecular complexity index is 347. The number of methoxy groups -OCH3 is 1. The van der Waals surface area contributed by atoms with Crippen molar-refractivity contribution in [2.75, 3.05) is 13.9 Å². The molecule has 0 aliphatic rings. The summed E-state index contributed by atoms with van der Waals surface area (Å²) in [6.45, 7) is 3.97. The largest absolute Gasteiger partial charge is 0.487 e. The minimum Gasteiger partial charge on any atom is -0.487 e. The number of carbonyl (C=O) groups excluding carboxylic acids is 1. The van der Waals surface area contributed by atoms with E-state index >= 15 is 0 Å². The van der Waals surface area contributed by atoms with Crippen molar-refractivity contribution in [1.82, 2.24) is 0 Å². The molecule has 0 N–H and O–H groups in total. The highest BCUT2D eigenvalue weighted by Gasteiger charge is 2.08. The zero-order valence-corrected chi connectivity index (χ0v) is 9.73. The van der Waals surface area contributed by atoms with E-state index in [1.807, 2.05) is 13.8 Å². The summed E-state index contributed by atoms with van der Waals surface area (Å²) in [6, 6.07) is 5.02. The zero-order valence-electron chi connectivity index (χ0n) is 9.73. The lowest BCUT2D eigenvalue weighted by Gasteiger charge is -2.14. The van der Waals surface area contributed by atoms with Crippen LogP contribution in [0.4, 0.5) is 0 Å². The van der Waals surface area contributed by atoms with Gasteiger partial charge in [0.15, 0.2) is 18.3 Å². The Hall–Kier alpha value is -1.55. The van der Waals surface area contributed by atoms with Gasteiger partial charge in [0.2, 0.25) is 0 Å². The molecule has 88 valence electrons. The maximum Gasteiger partial charge on any atom is 0.188 e. The normalized spacial score (nSPS) is 10.2. The highest BCUT2D eigenvalue weighted by atomic mass is 16.7. The van der Waals surface area contributed by atoms with Gasteiger partial charge in [-0.1, -0.05) is 0 Å². The quantitative estimate of drug-likeness (QED) is 0.549. The second-order valence-electron chi connectivity index (χ2n) is 3.54. The summed E-state index contributed by atoms with van der Waals surface area (Å²) >= 11 is 0. The predicted molar refractivity (Wildman–Crippen MR) is 60.1 cm³/mol. The van der Waals surface area contributed by atoms with Gasteiger partial charge in [-0.05, 0) is 32.0 Å². The molecule has 0 fully saturated rings. The van der Waals surface area contributed by atoms with Crippen LogP contribution >= 0.6 is 0 Å². The molecule has 0 amide bonds. The maximum atomic E-state index is 10.6. The molecule has 0 radical (unpaired) electrons. The Balaban J connectivity index is 2.91. The van der Waals surface area contributed by atoms with Crippen molar-refractivity contribution in [1.29, 1.82) is 0 Å². The van der Waals surface area contributed by atoms with Gasteiger partial charge in [-0.2, -0.15) is 0 Å². The fourth-order valence-electron chi connectivity index (χ4n) is 1.19. The van der Waals surface area contributed by atoms with Gasteiger partial charge in [0.05, 0.1) is 6.10 Å². The molecule has 0 aliphatic carbocycles. The van der Waals surface area contributed by atoms with E-state index in [2.05, 4.69) is 0 Å². The number of benzene rings is 1. The van der Waals surface area contributed by atoms with E-state index in [9.17, 15) is 4.79 Å². The molecule has 0 spiro atoms. The van der Waals surface area contributed by atoms with Crippen molar-refractivity contribution in [3.05, 3.63) is 23.8 Å². The van der Waals surface area contributed by atoms with Gasteiger partial charge in [0.25, 0.3) is 0 Å². The topological polar surface area (TPSA) is 44.8 Å². The second-order valence-corrected chi connectivity index (χ2v) is 3.54. The first kappa shape index (κ1) is 12.5. The van der Waals surface area contributed by atoms with E-state index in [1.54, 1.807) is 25.3 Å². The third kappa shape index (κ3) is 3.55. The predicted octanol–water partition coefficient (Wildman–Crippen LogP) is 2.27. The number of hydrogen-bond acceptors (Lipinski definition) is 4. The van der Waals surface area contributed by atoms with Crippen LogP contribution in [-0.2, 0) is 4.74 Å². The van der Waals surface area contributed by atoms with Crippen LogP contribution in [0.15, 0.2) is 18.2 Å². The molecule has 0 atom stereocenters. The summed E-state index contributed by atoms with van der Waals surface area (Å²) < 4.78 is 15.7. The second kappa shape index (κ2) is 6.12. The van der Waals surface area contributed by atoms with Crippen LogP contribution in [0.1, 0.15) is 24.2 Å². The molecule has 0 heterocycles. The van der Waals surface area contributed by atoms with E-state index in [0.29, 0.717) is 17.1 Å². The molecule has 0 saturated heterocycles. The molecule has 4 nitrogen and oxygen atoms in total. The third-order valence-corrected chi connectivity index (χ3v) is 1.80. The van der Waals surface area contributed by atoms with Crippen molar-refractivity contribution in [3.63, 3.8) is 0 Å². The van der Waals surface area contributed by atoms with Crippen LogP contribution in [-0.4, -0.2) is 26.3 Å². The van der Waals surface area contributed by atoms with Gasteiger partial charge in [0.1, 0.15) is 6.29 Å². The molecule has 0 aliphatic heterocycles. The molecule has 1 aromatic carbocycles. The monoisotopic (exact) mass is 224 g/mol. The molecular weight excluding hydrogens is 208 g/mol. The van der Waals surface area contributed by atoms with Gasteiger partial charge in [0, 0.05) is 12.7 Å². The third-order valence-electron chi connectivity index (χ3n) is 1.80. The highest BCUT2D eigenvalue weighted by Crippen LogP contribution is 2.28. The van der Waals surface area contributed by atoms with Gasteiger partial charge in [-0.25, -0.2) is 0 Å². The molecule has 4 heteroatoms. The molecular formula is C12H16O4. The lowest BCUT2D eigenvalue weighted by Crippen LogP contribution is -2.08. The van der Waals surface area contributed by atoms with E-state index in [1.165, 1.54) is 0 Å². The number of ether oxygens (including phenoxy) is 3. The first-order chi connectivity index (χ1) is 7.67. The summed E-state index contributed by atoms with van der Waals surface area (Å²) in [5.41, 5.74) is 0.556. The van der Waals surface area contributed by atoms with E-state index < -0.39 is 0 Å². The minimum atomic E-state index is 0.0202. The fraction of sp³-hybridized carbons (Fsp3) is 0.417. The first-order valence-corrected chi connectivity index (χ1v) is 5.05. The standard InChI is InChI=1S/C12H16O4/c1-9(2)16-12-6-10(7-13)4-5-11(12)15-8-14-3/h4-7,9H,8H2,1-3H3. The van der Waals surface area contributed by atoms with Crippen LogP contribution in [0.5, 0.6) is 11.5 Å². The van der Waals surface area contributed by atoms with Crippen molar-refractivity contribution in [2.24, 2.45) is 0 Å². The maximum absolute atomic E-state index is 10.6. The Morgan fingerprint density at radius 3 is 2.62 bits per heavy atom. The SMILES string of the molecule is COCOc1ccc(C=O)cc1OC(C)C. The van der Waals surface area contributed by atoms with Gasteiger partial charge in [-0.3, -0.25) is 4.79 Å². The molecule has 16 heavy (non-hydrogen) atoms. The van der Waals surface area contributed by atoms with Crippen LogP contribution in [0.3, 0.4) is 0 Å². The molecule has 0 aromatic heterocycles. The number of carbonyl (C=O) groups is 1. The van der Waals surface area contributed by atoms with Crippen LogP contribution < -0.4 is 9.47 Å². The van der Waals surface area contributed by atoms with Crippen LogP contribution in [0.25, 0.3) is 0 Å². The van der Waals surface area contributed by atoms with Crippen LogP contribution in [0.2, 0.25) is 0 Å². The number of aldehydes is 1.